The number of benzene rings is 10. The molecule has 10 aromatic carbocycles. The Bertz CT molecular complexity index is 3210. The molecule has 10 rings (SSSR count). The van der Waals surface area contributed by atoms with Crippen LogP contribution in [0.25, 0.3) is 75.8 Å². The summed E-state index contributed by atoms with van der Waals surface area (Å²) in [5, 5.41) is 15.6. The van der Waals surface area contributed by atoms with Gasteiger partial charge >= 0.3 is 0 Å². The molecule has 0 aliphatic carbocycles. The van der Waals surface area contributed by atoms with Crippen LogP contribution in [-0.2, 0) is 16.2 Å². The highest BCUT2D eigenvalue weighted by Gasteiger charge is 2.24. The normalized spacial score (nSPS) is 12.8. The number of hydrogen-bond donors (Lipinski definition) is 0. The monoisotopic (exact) mass is 777 g/mol. The molecule has 0 atom stereocenters. The SMILES string of the molecule is Cc1cc(-c2cc3c4ccccc4c(N(c4ccc(C(C)(C)C)cc4)c4ccc(C(C)(C)C)cc4)cc3c3ccccc23)c2ccc3cc(C(C)(C)C)cc4ccc1c2c43. The molecule has 0 N–H and O–H groups in total. The van der Waals surface area contributed by atoms with Gasteiger partial charge in [-0.2, -0.15) is 0 Å². The van der Waals surface area contributed by atoms with Crippen LogP contribution in [0.15, 0.2) is 152 Å². The Labute approximate surface area is 355 Å². The molecule has 0 unspecified atom stereocenters. The van der Waals surface area contributed by atoms with E-state index in [4.69, 9.17) is 0 Å². The van der Waals surface area contributed by atoms with Crippen LogP contribution in [0.4, 0.5) is 17.1 Å². The fourth-order valence-corrected chi connectivity index (χ4v) is 9.74. The molecule has 0 saturated carbocycles. The maximum Gasteiger partial charge on any atom is 0.0546 e. The highest BCUT2D eigenvalue weighted by atomic mass is 15.1. The highest BCUT2D eigenvalue weighted by Crippen LogP contribution is 2.48. The lowest BCUT2D eigenvalue weighted by Crippen LogP contribution is -2.14. The van der Waals surface area contributed by atoms with Gasteiger partial charge in [-0.1, -0.05) is 178 Å². The molecule has 0 saturated heterocycles. The Morgan fingerprint density at radius 1 is 0.333 bits per heavy atom. The van der Waals surface area contributed by atoms with Crippen LogP contribution in [0.3, 0.4) is 0 Å². The largest absolute Gasteiger partial charge is 0.310 e. The summed E-state index contributed by atoms with van der Waals surface area (Å²) in [6.45, 7) is 22.9. The van der Waals surface area contributed by atoms with Crippen molar-refractivity contribution in [3.8, 4) is 11.1 Å². The van der Waals surface area contributed by atoms with E-state index in [1.165, 1.54) is 104 Å². The van der Waals surface area contributed by atoms with Crippen molar-refractivity contribution < 1.29 is 0 Å². The molecule has 296 valence electrons. The summed E-state index contributed by atoms with van der Waals surface area (Å²) in [6.07, 6.45) is 0. The van der Waals surface area contributed by atoms with Crippen LogP contribution in [-0.4, -0.2) is 0 Å². The fraction of sp³-hybridized carbons (Fsp3) is 0.220. The van der Waals surface area contributed by atoms with Crippen molar-refractivity contribution >= 4 is 81.7 Å². The molecule has 0 fully saturated rings. The second kappa shape index (κ2) is 13.4. The van der Waals surface area contributed by atoms with Gasteiger partial charge in [0.2, 0.25) is 0 Å². The summed E-state index contributed by atoms with van der Waals surface area (Å²) < 4.78 is 0. The van der Waals surface area contributed by atoms with E-state index in [0.717, 1.165) is 11.4 Å². The smallest absolute Gasteiger partial charge is 0.0546 e. The van der Waals surface area contributed by atoms with Gasteiger partial charge in [-0.25, -0.2) is 0 Å². The van der Waals surface area contributed by atoms with E-state index in [1.807, 2.05) is 0 Å². The predicted octanol–water partition coefficient (Wildman–Crippen LogP) is 17.4. The van der Waals surface area contributed by atoms with Crippen LogP contribution >= 0.6 is 0 Å². The topological polar surface area (TPSA) is 3.24 Å². The third kappa shape index (κ3) is 6.12. The summed E-state index contributed by atoms with van der Waals surface area (Å²) in [6, 6.07) is 58.2. The zero-order valence-electron chi connectivity index (χ0n) is 36.9. The minimum absolute atomic E-state index is 0.0625. The van der Waals surface area contributed by atoms with Gasteiger partial charge in [-0.3, -0.25) is 0 Å². The number of nitrogens with zero attached hydrogens (tertiary/aromatic N) is 1. The van der Waals surface area contributed by atoms with Gasteiger partial charge in [-0.05, 0) is 152 Å². The first-order valence-electron chi connectivity index (χ1n) is 21.7. The highest BCUT2D eigenvalue weighted by molar-refractivity contribution is 6.29. The Balaban J connectivity index is 1.26. The minimum atomic E-state index is 0.0625. The fourth-order valence-electron chi connectivity index (χ4n) is 9.74. The maximum atomic E-state index is 2.49. The van der Waals surface area contributed by atoms with Crippen LogP contribution < -0.4 is 4.90 Å². The van der Waals surface area contributed by atoms with Gasteiger partial charge in [0.05, 0.1) is 5.69 Å². The number of anilines is 3. The van der Waals surface area contributed by atoms with Crippen molar-refractivity contribution in [3.63, 3.8) is 0 Å². The quantitative estimate of drug-likeness (QED) is 0.161. The molecule has 10 aromatic rings. The summed E-state index contributed by atoms with van der Waals surface area (Å²) in [4.78, 5) is 2.47. The lowest BCUT2D eigenvalue weighted by molar-refractivity contribution is 0.590. The maximum absolute atomic E-state index is 2.49. The first-order valence-corrected chi connectivity index (χ1v) is 21.7. The molecule has 0 heterocycles. The summed E-state index contributed by atoms with van der Waals surface area (Å²) in [5.74, 6) is 0. The van der Waals surface area contributed by atoms with Crippen molar-refractivity contribution in [2.45, 2.75) is 85.5 Å². The molecule has 0 aromatic heterocycles. The van der Waals surface area contributed by atoms with Gasteiger partial charge in [0.1, 0.15) is 0 Å². The lowest BCUT2D eigenvalue weighted by atomic mass is 9.81. The molecular weight excluding hydrogens is 723 g/mol. The van der Waals surface area contributed by atoms with Crippen molar-refractivity contribution in [2.24, 2.45) is 0 Å². The standard InChI is InChI=1S/C59H55N/c1-36-31-50(49-30-20-38-33-41(59(8,9)10)32-37-19-29-44(36)56(49)55(37)38)51-34-52-47-17-13-14-18-48(47)54(35-53(52)46-16-12-11-15-45(46)51)60(42-25-21-39(22-26-42)57(2,3)4)43-27-23-40(24-28-43)58(5,6)7/h11-35H,1-10H3. The molecule has 0 spiro atoms. The van der Waals surface area contributed by atoms with Crippen LogP contribution in [0.1, 0.15) is 84.6 Å². The molecule has 0 aliphatic heterocycles. The van der Waals surface area contributed by atoms with E-state index in [2.05, 4.69) is 226 Å². The molecule has 0 aliphatic rings. The average Bonchev–Trinajstić information content (AvgIpc) is 3.22. The number of hydrogen-bond acceptors (Lipinski definition) is 1. The molecule has 0 amide bonds. The van der Waals surface area contributed by atoms with E-state index in [-0.39, 0.29) is 16.2 Å². The average molecular weight is 778 g/mol. The van der Waals surface area contributed by atoms with Gasteiger partial charge < -0.3 is 4.90 Å². The lowest BCUT2D eigenvalue weighted by Gasteiger charge is -2.29. The van der Waals surface area contributed by atoms with Crippen molar-refractivity contribution in [3.05, 3.63) is 174 Å². The van der Waals surface area contributed by atoms with Crippen LogP contribution in [0, 0.1) is 6.92 Å². The second-order valence-corrected chi connectivity index (χ2v) is 20.3. The van der Waals surface area contributed by atoms with E-state index >= 15 is 0 Å². The van der Waals surface area contributed by atoms with Crippen molar-refractivity contribution in [1.29, 1.82) is 0 Å². The van der Waals surface area contributed by atoms with E-state index in [1.54, 1.807) is 0 Å². The zero-order valence-corrected chi connectivity index (χ0v) is 36.9. The minimum Gasteiger partial charge on any atom is -0.310 e. The first kappa shape index (κ1) is 38.0. The Morgan fingerprint density at radius 2 is 0.783 bits per heavy atom. The van der Waals surface area contributed by atoms with Gasteiger partial charge in [0.25, 0.3) is 0 Å². The van der Waals surface area contributed by atoms with E-state index in [0.29, 0.717) is 0 Å². The Morgan fingerprint density at radius 3 is 1.32 bits per heavy atom. The van der Waals surface area contributed by atoms with Gasteiger partial charge in [0, 0.05) is 16.8 Å². The van der Waals surface area contributed by atoms with E-state index in [9.17, 15) is 0 Å². The molecule has 0 radical (unpaired) electrons. The number of aryl methyl sites for hydroxylation is 1. The van der Waals surface area contributed by atoms with Gasteiger partial charge in [-0.15, -0.1) is 0 Å². The molecule has 1 nitrogen and oxygen atoms in total. The third-order valence-electron chi connectivity index (χ3n) is 13.2. The van der Waals surface area contributed by atoms with Gasteiger partial charge in [0.15, 0.2) is 0 Å². The Hall–Kier alpha value is -6.18. The van der Waals surface area contributed by atoms with Crippen LogP contribution in [0.2, 0.25) is 0 Å². The summed E-state index contributed by atoms with van der Waals surface area (Å²) in [7, 11) is 0. The summed E-state index contributed by atoms with van der Waals surface area (Å²) >= 11 is 0. The van der Waals surface area contributed by atoms with E-state index < -0.39 is 0 Å². The number of rotatable bonds is 4. The molecule has 1 heteroatoms. The Kier molecular flexibility index (Phi) is 8.51. The molecule has 60 heavy (non-hydrogen) atoms. The van der Waals surface area contributed by atoms with Crippen LogP contribution in [0.5, 0.6) is 0 Å². The molecule has 0 bridgehead atoms. The molecular formula is C59H55N. The predicted molar refractivity (Wildman–Crippen MR) is 264 cm³/mol. The first-order chi connectivity index (χ1) is 28.6. The number of fused-ring (bicyclic) bond motifs is 5. The second-order valence-electron chi connectivity index (χ2n) is 20.3. The van der Waals surface area contributed by atoms with Crippen molar-refractivity contribution in [1.82, 2.24) is 0 Å². The summed E-state index contributed by atoms with van der Waals surface area (Å²) in [5.41, 5.74) is 11.6. The zero-order chi connectivity index (χ0) is 41.9. The van der Waals surface area contributed by atoms with Crippen molar-refractivity contribution in [2.75, 3.05) is 4.90 Å². The third-order valence-corrected chi connectivity index (χ3v) is 13.2.